The number of ether oxygens (including phenoxy) is 1. The second-order valence-electron chi connectivity index (χ2n) is 4.89. The molecule has 0 aliphatic heterocycles. The van der Waals surface area contributed by atoms with E-state index in [1.807, 2.05) is 19.9 Å². The lowest BCUT2D eigenvalue weighted by molar-refractivity contribution is 0.403. The molecule has 0 aliphatic carbocycles. The van der Waals surface area contributed by atoms with Gasteiger partial charge in [0.05, 0.1) is 13.2 Å². The molecule has 0 amide bonds. The number of aryl methyl sites for hydroxylation is 1. The lowest BCUT2D eigenvalue weighted by atomic mass is 9.92. The Kier molecular flexibility index (Phi) is 5.07. The van der Waals surface area contributed by atoms with E-state index in [-0.39, 0.29) is 5.82 Å². The highest BCUT2D eigenvalue weighted by molar-refractivity contribution is 9.10. The maximum atomic E-state index is 14.1. The smallest absolute Gasteiger partial charge is 0.128 e. The molecule has 2 N–H and O–H groups in total. The van der Waals surface area contributed by atoms with Gasteiger partial charge in [0.15, 0.2) is 0 Å². The molecule has 0 radical (unpaired) electrons. The molecule has 0 saturated heterocycles. The van der Waals surface area contributed by atoms with E-state index in [1.54, 1.807) is 19.2 Å². The molecule has 2 aromatic carbocycles. The van der Waals surface area contributed by atoms with Crippen LogP contribution in [0.1, 0.15) is 28.3 Å². The minimum Gasteiger partial charge on any atom is -0.496 e. The van der Waals surface area contributed by atoms with E-state index in [9.17, 15) is 4.39 Å². The summed E-state index contributed by atoms with van der Waals surface area (Å²) in [6, 6.07) is 6.14. The van der Waals surface area contributed by atoms with Gasteiger partial charge in [0.1, 0.15) is 11.6 Å². The lowest BCUT2D eigenvalue weighted by Gasteiger charge is -2.22. The monoisotopic (exact) mass is 415 g/mol. The first-order chi connectivity index (χ1) is 9.86. The average molecular weight is 417 g/mol. The fourth-order valence-corrected chi connectivity index (χ4v) is 3.36. The van der Waals surface area contributed by atoms with E-state index in [2.05, 4.69) is 31.9 Å². The van der Waals surface area contributed by atoms with Crippen molar-refractivity contribution in [1.82, 2.24) is 0 Å². The van der Waals surface area contributed by atoms with Gasteiger partial charge in [-0.15, -0.1) is 0 Å². The molecule has 0 heterocycles. The molecule has 0 fully saturated rings. The van der Waals surface area contributed by atoms with Crippen molar-refractivity contribution >= 4 is 31.9 Å². The molecule has 0 aliphatic rings. The van der Waals surface area contributed by atoms with E-state index >= 15 is 0 Å². The van der Waals surface area contributed by atoms with Gasteiger partial charge in [0.25, 0.3) is 0 Å². The highest BCUT2D eigenvalue weighted by atomic mass is 79.9. The molecular weight excluding hydrogens is 401 g/mol. The van der Waals surface area contributed by atoms with Crippen LogP contribution < -0.4 is 10.5 Å². The second-order valence-corrected chi connectivity index (χ2v) is 6.66. The van der Waals surface area contributed by atoms with Crippen LogP contribution in [0, 0.1) is 19.7 Å². The largest absolute Gasteiger partial charge is 0.496 e. The Hall–Kier alpha value is -0.910. The maximum absolute atomic E-state index is 14.1. The summed E-state index contributed by atoms with van der Waals surface area (Å²) in [4.78, 5) is 0. The Balaban J connectivity index is 2.68. The second kappa shape index (κ2) is 6.46. The molecule has 1 unspecified atom stereocenters. The van der Waals surface area contributed by atoms with Crippen LogP contribution in [-0.4, -0.2) is 7.11 Å². The summed E-state index contributed by atoms with van der Waals surface area (Å²) in [6.07, 6.45) is 0. The lowest BCUT2D eigenvalue weighted by Crippen LogP contribution is -2.17. The van der Waals surface area contributed by atoms with Gasteiger partial charge < -0.3 is 10.5 Å². The minimum atomic E-state index is -0.603. The van der Waals surface area contributed by atoms with Crippen molar-refractivity contribution in [1.29, 1.82) is 0 Å². The quantitative estimate of drug-likeness (QED) is 0.761. The number of rotatable bonds is 3. The molecule has 21 heavy (non-hydrogen) atoms. The van der Waals surface area contributed by atoms with Crippen molar-refractivity contribution in [3.8, 4) is 5.75 Å². The van der Waals surface area contributed by atoms with Crippen molar-refractivity contribution < 1.29 is 9.13 Å². The van der Waals surface area contributed by atoms with Gasteiger partial charge in [-0.3, -0.25) is 0 Å². The Morgan fingerprint density at radius 1 is 1.19 bits per heavy atom. The number of hydrogen-bond donors (Lipinski definition) is 1. The van der Waals surface area contributed by atoms with Crippen LogP contribution in [0.2, 0.25) is 0 Å². The number of methoxy groups -OCH3 is 1. The summed E-state index contributed by atoms with van der Waals surface area (Å²) in [6.45, 7) is 3.88. The van der Waals surface area contributed by atoms with Gasteiger partial charge in [-0.25, -0.2) is 4.39 Å². The third kappa shape index (κ3) is 3.15. The zero-order valence-electron chi connectivity index (χ0n) is 12.0. The van der Waals surface area contributed by atoms with E-state index in [4.69, 9.17) is 10.5 Å². The van der Waals surface area contributed by atoms with Gasteiger partial charge in [-0.05, 0) is 49.2 Å². The molecule has 112 valence electrons. The molecule has 0 bridgehead atoms. The Morgan fingerprint density at radius 2 is 1.86 bits per heavy atom. The van der Waals surface area contributed by atoms with Gasteiger partial charge in [-0.1, -0.05) is 31.9 Å². The highest BCUT2D eigenvalue weighted by Crippen LogP contribution is 2.38. The molecule has 2 aromatic rings. The van der Waals surface area contributed by atoms with Gasteiger partial charge in [0, 0.05) is 20.1 Å². The topological polar surface area (TPSA) is 35.2 Å². The fourth-order valence-electron chi connectivity index (χ4n) is 2.43. The van der Waals surface area contributed by atoms with Crippen LogP contribution in [0.5, 0.6) is 5.75 Å². The van der Waals surface area contributed by atoms with Gasteiger partial charge in [0.2, 0.25) is 0 Å². The molecule has 0 spiro atoms. The number of nitrogens with two attached hydrogens (primary N) is 1. The predicted molar refractivity (Wildman–Crippen MR) is 90.3 cm³/mol. The average Bonchev–Trinajstić information content (AvgIpc) is 2.44. The van der Waals surface area contributed by atoms with Crippen molar-refractivity contribution in [3.63, 3.8) is 0 Å². The number of benzene rings is 2. The van der Waals surface area contributed by atoms with Crippen molar-refractivity contribution in [2.45, 2.75) is 19.9 Å². The summed E-state index contributed by atoms with van der Waals surface area (Å²) in [5.41, 5.74) is 9.47. The molecule has 0 aromatic heterocycles. The summed E-state index contributed by atoms with van der Waals surface area (Å²) >= 11 is 6.88. The maximum Gasteiger partial charge on any atom is 0.128 e. The van der Waals surface area contributed by atoms with Gasteiger partial charge in [-0.2, -0.15) is 0 Å². The third-order valence-electron chi connectivity index (χ3n) is 3.52. The van der Waals surface area contributed by atoms with Gasteiger partial charge >= 0.3 is 0 Å². The van der Waals surface area contributed by atoms with Crippen LogP contribution in [-0.2, 0) is 0 Å². The summed E-state index contributed by atoms with van der Waals surface area (Å²) in [5.74, 6) is 0.368. The third-order valence-corrected chi connectivity index (χ3v) is 4.83. The van der Waals surface area contributed by atoms with E-state index < -0.39 is 6.04 Å². The summed E-state index contributed by atoms with van der Waals surface area (Å²) in [7, 11) is 1.60. The van der Waals surface area contributed by atoms with Crippen LogP contribution in [0.15, 0.2) is 33.2 Å². The standard InChI is InChI=1S/C16H16Br2FNO/c1-8-6-12(18)9(2)14(16(8)21-3)15(20)11-7-10(17)4-5-13(11)19/h4-7,15H,20H2,1-3H3. The van der Waals surface area contributed by atoms with E-state index in [0.717, 1.165) is 25.6 Å². The number of halogens is 3. The van der Waals surface area contributed by atoms with E-state index in [1.165, 1.54) is 6.07 Å². The van der Waals surface area contributed by atoms with Crippen LogP contribution >= 0.6 is 31.9 Å². The molecular formula is C16H16Br2FNO. The first-order valence-corrected chi connectivity index (χ1v) is 7.99. The predicted octanol–water partition coefficient (Wildman–Crippen LogP) is 5.02. The molecule has 2 nitrogen and oxygen atoms in total. The van der Waals surface area contributed by atoms with Crippen molar-refractivity contribution in [2.24, 2.45) is 5.73 Å². The minimum absolute atomic E-state index is 0.329. The molecule has 2 rings (SSSR count). The van der Waals surface area contributed by atoms with E-state index in [0.29, 0.717) is 11.3 Å². The zero-order chi connectivity index (χ0) is 15.7. The van der Waals surface area contributed by atoms with Crippen molar-refractivity contribution in [2.75, 3.05) is 7.11 Å². The zero-order valence-corrected chi connectivity index (χ0v) is 15.2. The highest BCUT2D eigenvalue weighted by Gasteiger charge is 2.22. The molecule has 0 saturated carbocycles. The SMILES string of the molecule is COc1c(C)cc(Br)c(C)c1C(N)c1cc(Br)ccc1F. The molecule has 5 heteroatoms. The Labute approximate surface area is 140 Å². The normalized spacial score (nSPS) is 12.3. The first kappa shape index (κ1) is 16.5. The first-order valence-electron chi connectivity index (χ1n) is 6.41. The fraction of sp³-hybridized carbons (Fsp3) is 0.250. The van der Waals surface area contributed by atoms with Crippen LogP contribution in [0.25, 0.3) is 0 Å². The summed E-state index contributed by atoms with van der Waals surface area (Å²) in [5, 5.41) is 0. The Bertz CT molecular complexity index is 688. The van der Waals surface area contributed by atoms with Crippen LogP contribution in [0.3, 0.4) is 0 Å². The summed E-state index contributed by atoms with van der Waals surface area (Å²) < 4.78 is 21.3. The Morgan fingerprint density at radius 3 is 2.48 bits per heavy atom. The van der Waals surface area contributed by atoms with Crippen LogP contribution in [0.4, 0.5) is 4.39 Å². The van der Waals surface area contributed by atoms with Crippen molar-refractivity contribution in [3.05, 3.63) is 61.3 Å². The molecule has 1 atom stereocenters. The number of hydrogen-bond acceptors (Lipinski definition) is 2.